The van der Waals surface area contributed by atoms with Crippen LogP contribution in [-0.4, -0.2) is 23.5 Å². The minimum Gasteiger partial charge on any atom is -0.497 e. The molecule has 0 spiro atoms. The number of nitrogens with one attached hydrogen (secondary N) is 1. The number of hydrogen-bond acceptors (Lipinski definition) is 2. The predicted octanol–water partition coefficient (Wildman–Crippen LogP) is 3.20. The molecule has 0 saturated heterocycles. The molecule has 4 heteroatoms. The van der Waals surface area contributed by atoms with Gasteiger partial charge in [0.15, 0.2) is 0 Å². The molecule has 1 atom stereocenters. The Labute approximate surface area is 129 Å². The van der Waals surface area contributed by atoms with Crippen molar-refractivity contribution in [3.05, 3.63) is 29.8 Å². The van der Waals surface area contributed by atoms with Crippen molar-refractivity contribution < 1.29 is 9.53 Å². The molecule has 106 valence electrons. The van der Waals surface area contributed by atoms with Gasteiger partial charge in [0.1, 0.15) is 5.75 Å². The van der Waals surface area contributed by atoms with Crippen molar-refractivity contribution >= 4 is 28.5 Å². The van der Waals surface area contributed by atoms with Crippen molar-refractivity contribution in [2.75, 3.05) is 11.5 Å². The van der Waals surface area contributed by atoms with E-state index in [0.29, 0.717) is 12.3 Å². The number of methoxy groups -OCH3 is 1. The Morgan fingerprint density at radius 1 is 1.32 bits per heavy atom. The van der Waals surface area contributed by atoms with Gasteiger partial charge in [0, 0.05) is 16.9 Å². The molecule has 1 amide bonds. The summed E-state index contributed by atoms with van der Waals surface area (Å²) in [6, 6.07) is 8.13. The van der Waals surface area contributed by atoms with E-state index < -0.39 is 0 Å². The molecule has 1 unspecified atom stereocenters. The van der Waals surface area contributed by atoms with Crippen LogP contribution in [0.2, 0.25) is 0 Å². The first kappa shape index (κ1) is 16.3. The van der Waals surface area contributed by atoms with E-state index in [1.165, 1.54) is 0 Å². The summed E-state index contributed by atoms with van der Waals surface area (Å²) in [5.74, 6) is 1.45. The van der Waals surface area contributed by atoms with Gasteiger partial charge in [-0.3, -0.25) is 4.79 Å². The van der Waals surface area contributed by atoms with E-state index in [2.05, 4.69) is 41.8 Å². The first-order valence-corrected chi connectivity index (χ1v) is 8.07. The highest BCUT2D eigenvalue weighted by molar-refractivity contribution is 14.1. The van der Waals surface area contributed by atoms with Crippen LogP contribution in [0.3, 0.4) is 0 Å². The normalized spacial score (nSPS) is 12.3. The van der Waals surface area contributed by atoms with Crippen LogP contribution in [0.1, 0.15) is 25.8 Å². The van der Waals surface area contributed by atoms with Crippen molar-refractivity contribution in [1.82, 2.24) is 5.32 Å². The molecule has 1 rings (SSSR count). The Morgan fingerprint density at radius 3 is 2.42 bits per heavy atom. The third kappa shape index (κ3) is 5.80. The summed E-state index contributed by atoms with van der Waals surface area (Å²) in [6.07, 6.45) is 1.30. The van der Waals surface area contributed by atoms with E-state index in [9.17, 15) is 4.79 Å². The van der Waals surface area contributed by atoms with Gasteiger partial charge in [0.25, 0.3) is 0 Å². The fourth-order valence-electron chi connectivity index (χ4n) is 1.71. The minimum absolute atomic E-state index is 0.131. The van der Waals surface area contributed by atoms with Crippen molar-refractivity contribution in [2.24, 2.45) is 5.92 Å². The predicted molar refractivity (Wildman–Crippen MR) is 87.0 cm³/mol. The monoisotopic (exact) mass is 375 g/mol. The van der Waals surface area contributed by atoms with Gasteiger partial charge in [0.2, 0.25) is 5.91 Å². The Hall–Kier alpha value is -0.780. The first-order chi connectivity index (χ1) is 9.06. The molecule has 0 saturated carbocycles. The van der Waals surface area contributed by atoms with Gasteiger partial charge in [-0.05, 0) is 30.0 Å². The van der Waals surface area contributed by atoms with Gasteiger partial charge in [0.05, 0.1) is 7.11 Å². The van der Waals surface area contributed by atoms with Crippen molar-refractivity contribution in [2.45, 2.75) is 32.7 Å². The molecule has 19 heavy (non-hydrogen) atoms. The van der Waals surface area contributed by atoms with Crippen LogP contribution < -0.4 is 10.1 Å². The van der Waals surface area contributed by atoms with Crippen LogP contribution in [-0.2, 0) is 11.2 Å². The number of rotatable bonds is 7. The quantitative estimate of drug-likeness (QED) is 0.587. The van der Waals surface area contributed by atoms with Crippen molar-refractivity contribution in [3.63, 3.8) is 0 Å². The molecule has 0 aliphatic carbocycles. The molecule has 0 radical (unpaired) electrons. The summed E-state index contributed by atoms with van der Waals surface area (Å²) in [6.45, 7) is 4.26. The van der Waals surface area contributed by atoms with Crippen LogP contribution in [0, 0.1) is 5.92 Å². The lowest BCUT2D eigenvalue weighted by Crippen LogP contribution is -2.39. The molecule has 0 fully saturated rings. The highest BCUT2D eigenvalue weighted by Crippen LogP contribution is 2.13. The number of hydrogen-bond donors (Lipinski definition) is 1. The highest BCUT2D eigenvalue weighted by Gasteiger charge is 2.14. The molecule has 0 heterocycles. The zero-order chi connectivity index (χ0) is 14.3. The molecule has 0 aliphatic heterocycles. The summed E-state index contributed by atoms with van der Waals surface area (Å²) < 4.78 is 6.06. The van der Waals surface area contributed by atoms with E-state index in [-0.39, 0.29) is 11.9 Å². The fraction of sp³-hybridized carbons (Fsp3) is 0.533. The average Bonchev–Trinajstić information content (AvgIpc) is 2.42. The number of aryl methyl sites for hydroxylation is 1. The van der Waals surface area contributed by atoms with E-state index in [0.717, 1.165) is 22.2 Å². The molecule has 0 bridgehead atoms. The van der Waals surface area contributed by atoms with E-state index in [1.54, 1.807) is 7.11 Å². The minimum atomic E-state index is 0.131. The number of amides is 1. The van der Waals surface area contributed by atoms with E-state index >= 15 is 0 Å². The fourth-order valence-corrected chi connectivity index (χ4v) is 2.95. The lowest BCUT2D eigenvalue weighted by molar-refractivity contribution is -0.121. The number of carbonyl (C=O) groups excluding carboxylic acids is 1. The van der Waals surface area contributed by atoms with Gasteiger partial charge < -0.3 is 10.1 Å². The first-order valence-electron chi connectivity index (χ1n) is 6.55. The molecular weight excluding hydrogens is 353 g/mol. The SMILES string of the molecule is COc1ccc(CCC(=O)NC(CI)C(C)C)cc1. The van der Waals surface area contributed by atoms with Crippen molar-refractivity contribution in [1.29, 1.82) is 0 Å². The maximum absolute atomic E-state index is 11.9. The van der Waals surface area contributed by atoms with Gasteiger partial charge in [-0.2, -0.15) is 0 Å². The Bertz CT molecular complexity index is 390. The van der Waals surface area contributed by atoms with Gasteiger partial charge in [-0.25, -0.2) is 0 Å². The molecule has 3 nitrogen and oxygen atoms in total. The maximum Gasteiger partial charge on any atom is 0.220 e. The number of benzene rings is 1. The van der Waals surface area contributed by atoms with E-state index in [4.69, 9.17) is 4.74 Å². The second-order valence-corrected chi connectivity index (χ2v) is 5.80. The van der Waals surface area contributed by atoms with Crippen LogP contribution in [0.5, 0.6) is 5.75 Å². The molecule has 0 aliphatic rings. The lowest BCUT2D eigenvalue weighted by Gasteiger charge is -2.19. The van der Waals surface area contributed by atoms with Crippen molar-refractivity contribution in [3.8, 4) is 5.75 Å². The van der Waals surface area contributed by atoms with Crippen LogP contribution in [0.4, 0.5) is 0 Å². The molecular formula is C15H22INO2. The third-order valence-electron chi connectivity index (χ3n) is 3.12. The van der Waals surface area contributed by atoms with Crippen LogP contribution in [0.15, 0.2) is 24.3 Å². The zero-order valence-corrected chi connectivity index (χ0v) is 13.9. The molecule has 0 aromatic heterocycles. The molecule has 1 aromatic rings. The number of alkyl halides is 1. The van der Waals surface area contributed by atoms with Gasteiger partial charge in [-0.15, -0.1) is 0 Å². The second kappa shape index (κ2) is 8.40. The van der Waals surface area contributed by atoms with Gasteiger partial charge in [-0.1, -0.05) is 48.6 Å². The summed E-state index contributed by atoms with van der Waals surface area (Å²) in [7, 11) is 1.65. The lowest BCUT2D eigenvalue weighted by atomic mass is 10.1. The molecule has 1 N–H and O–H groups in total. The Balaban J connectivity index is 2.40. The summed E-state index contributed by atoms with van der Waals surface area (Å²) in [5, 5.41) is 3.09. The van der Waals surface area contributed by atoms with E-state index in [1.807, 2.05) is 24.3 Å². The van der Waals surface area contributed by atoms with Crippen LogP contribution >= 0.6 is 22.6 Å². The number of carbonyl (C=O) groups is 1. The topological polar surface area (TPSA) is 38.3 Å². The molecule has 1 aromatic carbocycles. The Morgan fingerprint density at radius 2 is 1.95 bits per heavy atom. The zero-order valence-electron chi connectivity index (χ0n) is 11.8. The Kier molecular flexibility index (Phi) is 7.20. The third-order valence-corrected chi connectivity index (χ3v) is 4.07. The largest absolute Gasteiger partial charge is 0.497 e. The summed E-state index contributed by atoms with van der Waals surface area (Å²) >= 11 is 2.32. The highest BCUT2D eigenvalue weighted by atomic mass is 127. The smallest absolute Gasteiger partial charge is 0.220 e. The second-order valence-electron chi connectivity index (χ2n) is 4.92. The maximum atomic E-state index is 11.9. The summed E-state index contributed by atoms with van der Waals surface area (Å²) in [5.41, 5.74) is 1.16. The summed E-state index contributed by atoms with van der Waals surface area (Å²) in [4.78, 5) is 11.9. The number of ether oxygens (including phenoxy) is 1. The van der Waals surface area contributed by atoms with Gasteiger partial charge >= 0.3 is 0 Å². The number of halogens is 1. The van der Waals surface area contributed by atoms with Crippen LogP contribution in [0.25, 0.3) is 0 Å². The standard InChI is InChI=1S/C15H22INO2/c1-11(2)14(10-16)17-15(18)9-6-12-4-7-13(19-3)8-5-12/h4-5,7-8,11,14H,6,9-10H2,1-3H3,(H,17,18). The average molecular weight is 375 g/mol.